The normalized spacial score (nSPS) is 21.2. The third-order valence-corrected chi connectivity index (χ3v) is 6.20. The summed E-state index contributed by atoms with van der Waals surface area (Å²) in [5, 5.41) is 0. The Labute approximate surface area is 175 Å². The van der Waals surface area contributed by atoms with Gasteiger partial charge in [-0.2, -0.15) is 0 Å². The molecule has 0 bridgehead atoms. The molecule has 1 unspecified atom stereocenters. The minimum atomic E-state index is -0.0856. The predicted octanol–water partition coefficient (Wildman–Crippen LogP) is 5.01. The van der Waals surface area contributed by atoms with E-state index in [4.69, 9.17) is 9.72 Å². The molecule has 2 aromatic rings. The molecule has 3 heterocycles. The van der Waals surface area contributed by atoms with Gasteiger partial charge in [-0.25, -0.2) is 4.98 Å². The number of aromatic nitrogens is 2. The number of ether oxygens (including phenoxy) is 1. The molecule has 4 nitrogen and oxygen atoms in total. The van der Waals surface area contributed by atoms with Gasteiger partial charge in [0.2, 0.25) is 0 Å². The average Bonchev–Trinajstić information content (AvgIpc) is 2.90. The Morgan fingerprint density at radius 3 is 2.55 bits per heavy atom. The summed E-state index contributed by atoms with van der Waals surface area (Å²) < 4.78 is 9.18. The van der Waals surface area contributed by atoms with E-state index < -0.39 is 0 Å². The van der Waals surface area contributed by atoms with Crippen LogP contribution in [0.1, 0.15) is 68.1 Å². The van der Waals surface area contributed by atoms with Crippen molar-refractivity contribution in [2.24, 2.45) is 5.41 Å². The number of likely N-dealkylation sites (tertiary alicyclic amines) is 1. The lowest BCUT2D eigenvalue weighted by molar-refractivity contribution is -0.0276. The number of aryl methyl sites for hydroxylation is 1. The lowest BCUT2D eigenvalue weighted by Gasteiger charge is -2.32. The Balaban J connectivity index is 1.72. The summed E-state index contributed by atoms with van der Waals surface area (Å²) in [5.41, 5.74) is 5.14. The van der Waals surface area contributed by atoms with Crippen molar-refractivity contribution in [3.63, 3.8) is 0 Å². The molecule has 0 N–H and O–H groups in total. The van der Waals surface area contributed by atoms with Crippen LogP contribution in [0.4, 0.5) is 0 Å². The van der Waals surface area contributed by atoms with E-state index >= 15 is 0 Å². The monoisotopic (exact) mass is 393 g/mol. The van der Waals surface area contributed by atoms with Crippen molar-refractivity contribution >= 4 is 6.08 Å². The van der Waals surface area contributed by atoms with Crippen LogP contribution in [-0.2, 0) is 17.7 Å². The van der Waals surface area contributed by atoms with Crippen LogP contribution in [0.5, 0.6) is 0 Å². The molecule has 4 heteroatoms. The Hall–Kier alpha value is -1.91. The maximum atomic E-state index is 6.79. The summed E-state index contributed by atoms with van der Waals surface area (Å²) in [7, 11) is 2.20. The Bertz CT molecular complexity index is 882. The van der Waals surface area contributed by atoms with Gasteiger partial charge in [-0.3, -0.25) is 0 Å². The number of piperidine rings is 1. The molecule has 0 saturated carbocycles. The van der Waals surface area contributed by atoms with Gasteiger partial charge in [0.05, 0.1) is 11.8 Å². The predicted molar refractivity (Wildman–Crippen MR) is 119 cm³/mol. The van der Waals surface area contributed by atoms with E-state index in [0.717, 1.165) is 50.4 Å². The fourth-order valence-electron chi connectivity index (χ4n) is 4.38. The third kappa shape index (κ3) is 4.49. The smallest absolute Gasteiger partial charge is 0.143 e. The first-order valence-corrected chi connectivity index (χ1v) is 11.0. The van der Waals surface area contributed by atoms with Crippen molar-refractivity contribution in [3.05, 3.63) is 58.7 Å². The molecule has 1 aromatic heterocycles. The lowest BCUT2D eigenvalue weighted by atomic mass is 9.96. The van der Waals surface area contributed by atoms with E-state index in [-0.39, 0.29) is 11.5 Å². The zero-order chi connectivity index (χ0) is 20.6. The zero-order valence-electron chi connectivity index (χ0n) is 18.6. The van der Waals surface area contributed by atoms with E-state index in [0.29, 0.717) is 6.10 Å². The summed E-state index contributed by atoms with van der Waals surface area (Å²) in [6.45, 7) is 12.0. The molecule has 2 aliphatic heterocycles. The first kappa shape index (κ1) is 20.4. The number of imidazole rings is 1. The van der Waals surface area contributed by atoms with Crippen molar-refractivity contribution in [2.45, 2.75) is 65.7 Å². The van der Waals surface area contributed by atoms with E-state index in [1.54, 1.807) is 0 Å². The van der Waals surface area contributed by atoms with Gasteiger partial charge >= 0.3 is 0 Å². The van der Waals surface area contributed by atoms with Crippen LogP contribution < -0.4 is 0 Å². The number of benzene rings is 1. The van der Waals surface area contributed by atoms with E-state index in [9.17, 15) is 0 Å². The Morgan fingerprint density at radius 1 is 1.10 bits per heavy atom. The van der Waals surface area contributed by atoms with Gasteiger partial charge in [0.25, 0.3) is 0 Å². The van der Waals surface area contributed by atoms with Crippen LogP contribution >= 0.6 is 0 Å². The van der Waals surface area contributed by atoms with Crippen LogP contribution in [0.2, 0.25) is 0 Å². The molecule has 1 aromatic carbocycles. The molecular weight excluding hydrogens is 358 g/mol. The maximum absolute atomic E-state index is 6.79. The molecule has 1 atom stereocenters. The van der Waals surface area contributed by atoms with E-state index in [1.165, 1.54) is 16.8 Å². The third-order valence-electron chi connectivity index (χ3n) is 6.20. The van der Waals surface area contributed by atoms with E-state index in [2.05, 4.69) is 80.6 Å². The van der Waals surface area contributed by atoms with Gasteiger partial charge in [0, 0.05) is 25.3 Å². The maximum Gasteiger partial charge on any atom is 0.143 e. The molecule has 1 saturated heterocycles. The van der Waals surface area contributed by atoms with Crippen LogP contribution in [0, 0.1) is 12.3 Å². The minimum absolute atomic E-state index is 0.0856. The standard InChI is InChI=1S/C25H35N3O/c1-18-22(10-14-25(2,3)4)26-24-23(29-20-12-15-27(5)16-13-20)21-9-7-6-8-19(21)11-17-28(18)24/h6-10,14,20,23H,11-13,15-17H2,1-5H3. The average molecular weight is 394 g/mol. The molecule has 29 heavy (non-hydrogen) atoms. The van der Waals surface area contributed by atoms with Crippen LogP contribution in [0.3, 0.4) is 0 Å². The number of hydrogen-bond donors (Lipinski definition) is 0. The summed E-state index contributed by atoms with van der Waals surface area (Å²) in [5.74, 6) is 1.07. The van der Waals surface area contributed by atoms with Crippen LogP contribution in [0.15, 0.2) is 30.3 Å². The van der Waals surface area contributed by atoms with Gasteiger partial charge in [0.1, 0.15) is 11.9 Å². The highest BCUT2D eigenvalue weighted by atomic mass is 16.5. The second kappa shape index (κ2) is 8.08. The number of hydrogen-bond acceptors (Lipinski definition) is 3. The van der Waals surface area contributed by atoms with Crippen molar-refractivity contribution in [2.75, 3.05) is 20.1 Å². The molecule has 156 valence electrons. The fraction of sp³-hybridized carbons (Fsp3) is 0.560. The SMILES string of the molecule is Cc1c(C=CC(C)(C)C)nc2n1CCc1ccccc1C2OC1CCN(C)CC1. The van der Waals surface area contributed by atoms with Gasteiger partial charge < -0.3 is 14.2 Å². The number of allylic oxidation sites excluding steroid dienone is 1. The summed E-state index contributed by atoms with van der Waals surface area (Å²) in [6.07, 6.45) is 7.85. The van der Waals surface area contributed by atoms with Crippen LogP contribution in [0.25, 0.3) is 6.08 Å². The van der Waals surface area contributed by atoms with Gasteiger partial charge in [-0.1, -0.05) is 51.1 Å². The van der Waals surface area contributed by atoms with Gasteiger partial charge in [-0.15, -0.1) is 0 Å². The Kier molecular flexibility index (Phi) is 5.67. The number of nitrogens with zero attached hydrogens (tertiary/aromatic N) is 3. The molecule has 4 rings (SSSR count). The first-order chi connectivity index (χ1) is 13.8. The van der Waals surface area contributed by atoms with Crippen LogP contribution in [-0.4, -0.2) is 40.7 Å². The summed E-state index contributed by atoms with van der Waals surface area (Å²) >= 11 is 0. The minimum Gasteiger partial charge on any atom is -0.362 e. The largest absolute Gasteiger partial charge is 0.362 e. The molecule has 0 amide bonds. The lowest BCUT2D eigenvalue weighted by Crippen LogP contribution is -2.35. The van der Waals surface area contributed by atoms with Crippen molar-refractivity contribution in [1.82, 2.24) is 14.5 Å². The van der Waals surface area contributed by atoms with Crippen molar-refractivity contribution in [1.29, 1.82) is 0 Å². The molecule has 0 radical (unpaired) electrons. The second-order valence-electron chi connectivity index (χ2n) is 9.76. The highest BCUT2D eigenvalue weighted by molar-refractivity contribution is 5.50. The molecular formula is C25H35N3O. The molecule has 0 spiro atoms. The molecule has 0 aliphatic carbocycles. The highest BCUT2D eigenvalue weighted by Gasteiger charge is 2.31. The zero-order valence-corrected chi connectivity index (χ0v) is 18.6. The van der Waals surface area contributed by atoms with Crippen molar-refractivity contribution in [3.8, 4) is 0 Å². The second-order valence-corrected chi connectivity index (χ2v) is 9.76. The number of rotatable bonds is 3. The van der Waals surface area contributed by atoms with E-state index in [1.807, 2.05) is 0 Å². The summed E-state index contributed by atoms with van der Waals surface area (Å²) in [6, 6.07) is 8.77. The molecule has 2 aliphatic rings. The fourth-order valence-corrected chi connectivity index (χ4v) is 4.38. The summed E-state index contributed by atoms with van der Waals surface area (Å²) in [4.78, 5) is 7.51. The number of fused-ring (bicyclic) bond motifs is 2. The highest BCUT2D eigenvalue weighted by Crippen LogP contribution is 2.36. The topological polar surface area (TPSA) is 30.3 Å². The van der Waals surface area contributed by atoms with Gasteiger partial charge in [-0.05, 0) is 55.9 Å². The van der Waals surface area contributed by atoms with Crippen molar-refractivity contribution < 1.29 is 4.74 Å². The quantitative estimate of drug-likeness (QED) is 0.734. The Morgan fingerprint density at radius 2 is 1.83 bits per heavy atom. The van der Waals surface area contributed by atoms with Gasteiger partial charge in [0.15, 0.2) is 0 Å². The first-order valence-electron chi connectivity index (χ1n) is 11.0. The molecule has 1 fully saturated rings.